The van der Waals surface area contributed by atoms with Gasteiger partial charge in [0, 0.05) is 5.56 Å². The van der Waals surface area contributed by atoms with Crippen LogP contribution >= 0.6 is 19.2 Å². The second-order valence-corrected chi connectivity index (χ2v) is 6.44. The first-order chi connectivity index (χ1) is 8.87. The zero-order chi connectivity index (χ0) is 14.6. The second-order valence-electron chi connectivity index (χ2n) is 3.91. The maximum atomic E-state index is 13.9. The Balaban J connectivity index is 3.28. The average molecular weight is 310 g/mol. The number of hydrogen-bond donors (Lipinski definition) is 1. The van der Waals surface area contributed by atoms with Crippen molar-refractivity contribution in [2.24, 2.45) is 5.73 Å². The summed E-state index contributed by atoms with van der Waals surface area (Å²) in [5.74, 6) is -1.87. The highest BCUT2D eigenvalue weighted by molar-refractivity contribution is 7.54. The van der Waals surface area contributed by atoms with E-state index in [4.69, 9.17) is 26.4 Å². The Kier molecular flexibility index (Phi) is 5.96. The largest absolute Gasteiger partial charge is 0.351 e. The third kappa shape index (κ3) is 3.56. The van der Waals surface area contributed by atoms with E-state index in [1.165, 1.54) is 12.1 Å². The first-order valence-electron chi connectivity index (χ1n) is 5.96. The van der Waals surface area contributed by atoms with Gasteiger partial charge >= 0.3 is 7.60 Å². The van der Waals surface area contributed by atoms with Crippen LogP contribution in [-0.2, 0) is 13.6 Å². The molecule has 2 N–H and O–H groups in total. The molecule has 0 saturated carbocycles. The van der Waals surface area contributed by atoms with Gasteiger partial charge in [0.05, 0.1) is 18.2 Å². The molecule has 108 valence electrons. The lowest BCUT2D eigenvalue weighted by Gasteiger charge is -2.24. The van der Waals surface area contributed by atoms with Crippen molar-refractivity contribution in [2.45, 2.75) is 26.6 Å². The summed E-state index contributed by atoms with van der Waals surface area (Å²) in [7, 11) is -3.65. The number of hydrogen-bond acceptors (Lipinski definition) is 4. The Bertz CT molecular complexity index is 488. The smallest absolute Gasteiger partial charge is 0.314 e. The molecule has 0 spiro atoms. The van der Waals surface area contributed by atoms with Crippen LogP contribution in [0.5, 0.6) is 0 Å². The molecule has 0 saturated heterocycles. The molecule has 7 heteroatoms. The quantitative estimate of drug-likeness (QED) is 0.806. The molecule has 0 amide bonds. The SMILES string of the molecule is CCOP(=O)(OCC)[C@H](N)c1c(F)ccc(C)c1Cl. The Morgan fingerprint density at radius 3 is 2.37 bits per heavy atom. The van der Waals surface area contributed by atoms with Crippen molar-refractivity contribution in [3.05, 3.63) is 34.1 Å². The summed E-state index contributed by atoms with van der Waals surface area (Å²) >= 11 is 6.05. The molecule has 0 radical (unpaired) electrons. The Morgan fingerprint density at radius 2 is 1.89 bits per heavy atom. The molecule has 0 aliphatic carbocycles. The fourth-order valence-corrected chi connectivity index (χ4v) is 3.70. The minimum Gasteiger partial charge on any atom is -0.314 e. The Morgan fingerprint density at radius 1 is 1.37 bits per heavy atom. The third-order valence-electron chi connectivity index (χ3n) is 2.57. The van der Waals surface area contributed by atoms with Crippen LogP contribution < -0.4 is 5.73 Å². The Labute approximate surface area is 117 Å². The van der Waals surface area contributed by atoms with Gasteiger partial charge in [-0.15, -0.1) is 0 Å². The van der Waals surface area contributed by atoms with Crippen LogP contribution in [0.1, 0.15) is 30.8 Å². The maximum Gasteiger partial charge on any atom is 0.351 e. The van der Waals surface area contributed by atoms with E-state index in [1.807, 2.05) is 0 Å². The van der Waals surface area contributed by atoms with Gasteiger partial charge in [-0.2, -0.15) is 0 Å². The van der Waals surface area contributed by atoms with Crippen molar-refractivity contribution in [3.63, 3.8) is 0 Å². The van der Waals surface area contributed by atoms with Gasteiger partial charge in [0.25, 0.3) is 0 Å². The summed E-state index contributed by atoms with van der Waals surface area (Å²) in [5.41, 5.74) is 6.49. The minimum absolute atomic E-state index is 0.0353. The summed E-state index contributed by atoms with van der Waals surface area (Å²) in [6, 6.07) is 2.76. The predicted octanol–water partition coefficient (Wildman–Crippen LogP) is 4.01. The molecule has 19 heavy (non-hydrogen) atoms. The van der Waals surface area contributed by atoms with Gasteiger partial charge in [-0.25, -0.2) is 4.39 Å². The van der Waals surface area contributed by atoms with E-state index < -0.39 is 19.2 Å². The third-order valence-corrected chi connectivity index (χ3v) is 5.25. The number of benzene rings is 1. The van der Waals surface area contributed by atoms with Gasteiger partial charge in [0.2, 0.25) is 0 Å². The van der Waals surface area contributed by atoms with Crippen LogP contribution in [0.15, 0.2) is 12.1 Å². The monoisotopic (exact) mass is 309 g/mol. The van der Waals surface area contributed by atoms with E-state index in [2.05, 4.69) is 0 Å². The van der Waals surface area contributed by atoms with Crippen LogP contribution in [0.25, 0.3) is 0 Å². The summed E-state index contributed by atoms with van der Waals surface area (Å²) in [4.78, 5) is 0. The molecule has 4 nitrogen and oxygen atoms in total. The molecule has 0 fully saturated rings. The first kappa shape index (κ1) is 16.6. The van der Waals surface area contributed by atoms with Gasteiger partial charge in [0.1, 0.15) is 11.6 Å². The fourth-order valence-electron chi connectivity index (χ4n) is 1.67. The molecular formula is C12H18ClFNO3P. The molecule has 0 unspecified atom stereocenters. The van der Waals surface area contributed by atoms with Crippen molar-refractivity contribution >= 4 is 19.2 Å². The van der Waals surface area contributed by atoms with Gasteiger partial charge in [-0.3, -0.25) is 4.57 Å². The predicted molar refractivity (Wildman–Crippen MR) is 73.9 cm³/mol. The molecule has 1 atom stereocenters. The highest BCUT2D eigenvalue weighted by atomic mass is 35.5. The second kappa shape index (κ2) is 6.82. The summed E-state index contributed by atoms with van der Waals surface area (Å²) in [6.45, 7) is 5.33. The van der Waals surface area contributed by atoms with E-state index in [0.29, 0.717) is 5.56 Å². The van der Waals surface area contributed by atoms with Crippen molar-refractivity contribution in [2.75, 3.05) is 13.2 Å². The molecule has 0 aliphatic heterocycles. The average Bonchev–Trinajstić information content (AvgIpc) is 2.35. The molecule has 1 rings (SSSR count). The van der Waals surface area contributed by atoms with E-state index >= 15 is 0 Å². The highest BCUT2D eigenvalue weighted by Crippen LogP contribution is 2.59. The number of halogens is 2. The summed E-state index contributed by atoms with van der Waals surface area (Å²) in [5, 5.41) is 0.145. The molecule has 0 aromatic heterocycles. The fraction of sp³-hybridized carbons (Fsp3) is 0.500. The van der Waals surface area contributed by atoms with Crippen molar-refractivity contribution in [1.29, 1.82) is 0 Å². The molecular weight excluding hydrogens is 292 g/mol. The lowest BCUT2D eigenvalue weighted by atomic mass is 10.1. The van der Waals surface area contributed by atoms with Crippen molar-refractivity contribution in [1.82, 2.24) is 0 Å². The minimum atomic E-state index is -3.65. The highest BCUT2D eigenvalue weighted by Gasteiger charge is 2.37. The zero-order valence-electron chi connectivity index (χ0n) is 11.2. The standard InChI is InChI=1S/C12H18ClFNO3P/c1-4-17-19(16,18-5-2)12(15)10-9(14)7-6-8(3)11(10)13/h6-7,12H,4-5,15H2,1-3H3/t12-/m0/s1. The lowest BCUT2D eigenvalue weighted by molar-refractivity contribution is 0.212. The number of nitrogens with two attached hydrogens (primary N) is 1. The van der Waals surface area contributed by atoms with Crippen LogP contribution in [-0.4, -0.2) is 13.2 Å². The van der Waals surface area contributed by atoms with E-state index in [1.54, 1.807) is 20.8 Å². The van der Waals surface area contributed by atoms with E-state index in [9.17, 15) is 8.96 Å². The lowest BCUT2D eigenvalue weighted by Crippen LogP contribution is -2.17. The van der Waals surface area contributed by atoms with Crippen LogP contribution in [0.3, 0.4) is 0 Å². The van der Waals surface area contributed by atoms with Crippen LogP contribution in [0, 0.1) is 12.7 Å². The van der Waals surface area contributed by atoms with Crippen molar-refractivity contribution in [3.8, 4) is 0 Å². The summed E-state index contributed by atoms with van der Waals surface area (Å²) < 4.78 is 36.7. The number of aryl methyl sites for hydroxylation is 1. The molecule has 0 aliphatic rings. The van der Waals surface area contributed by atoms with Gasteiger partial charge in [-0.1, -0.05) is 17.7 Å². The normalized spacial score (nSPS) is 13.6. The topological polar surface area (TPSA) is 61.5 Å². The van der Waals surface area contributed by atoms with Crippen molar-refractivity contribution < 1.29 is 18.0 Å². The van der Waals surface area contributed by atoms with Gasteiger partial charge < -0.3 is 14.8 Å². The number of rotatable bonds is 6. The van der Waals surface area contributed by atoms with E-state index in [-0.39, 0.29) is 23.8 Å². The molecule has 0 bridgehead atoms. The molecule has 1 aromatic rings. The van der Waals surface area contributed by atoms with Gasteiger partial charge in [0.15, 0.2) is 0 Å². The first-order valence-corrected chi connectivity index (χ1v) is 7.95. The molecule has 1 aromatic carbocycles. The van der Waals surface area contributed by atoms with Crippen LogP contribution in [0.4, 0.5) is 4.39 Å². The summed E-state index contributed by atoms with van der Waals surface area (Å²) in [6.07, 6.45) is 0. The van der Waals surface area contributed by atoms with Gasteiger partial charge in [-0.05, 0) is 32.4 Å². The van der Waals surface area contributed by atoms with Crippen LogP contribution in [0.2, 0.25) is 5.02 Å². The zero-order valence-corrected chi connectivity index (χ0v) is 12.8. The van der Waals surface area contributed by atoms with E-state index in [0.717, 1.165) is 0 Å². The maximum absolute atomic E-state index is 13.9. The Hall–Kier alpha value is -0.450. The molecule has 0 heterocycles.